The summed E-state index contributed by atoms with van der Waals surface area (Å²) < 4.78 is 0.945. The Kier molecular flexibility index (Phi) is 4.45. The van der Waals surface area contributed by atoms with Crippen LogP contribution in [0.2, 0.25) is 5.02 Å². The predicted octanol–water partition coefficient (Wildman–Crippen LogP) is 4.41. The number of hydrogen-bond donors (Lipinski definition) is 2. The zero-order valence-electron chi connectivity index (χ0n) is 9.86. The van der Waals surface area contributed by atoms with Crippen molar-refractivity contribution in [2.75, 3.05) is 5.32 Å². The maximum absolute atomic E-state index is 10.7. The highest BCUT2D eigenvalue weighted by atomic mass is 79.9. The molecule has 0 aliphatic carbocycles. The average Bonchev–Trinajstić information content (AvgIpc) is 2.40. The van der Waals surface area contributed by atoms with Gasteiger partial charge in [-0.3, -0.25) is 0 Å². The fraction of sp³-hybridized carbons (Fsp3) is 0.0714. The molecule has 0 aromatic heterocycles. The Labute approximate surface area is 124 Å². The van der Waals surface area contributed by atoms with E-state index in [-0.39, 0.29) is 5.56 Å². The summed E-state index contributed by atoms with van der Waals surface area (Å²) in [6.07, 6.45) is 0. The molecule has 2 N–H and O–H groups in total. The Morgan fingerprint density at radius 3 is 2.53 bits per heavy atom. The topological polar surface area (TPSA) is 49.3 Å². The molecule has 0 heterocycles. The highest BCUT2D eigenvalue weighted by Crippen LogP contribution is 2.26. The largest absolute Gasteiger partial charge is 0.478 e. The second-order valence-electron chi connectivity index (χ2n) is 3.98. The van der Waals surface area contributed by atoms with E-state index in [4.69, 9.17) is 16.7 Å². The first-order valence-corrected chi connectivity index (χ1v) is 6.74. The van der Waals surface area contributed by atoms with Crippen molar-refractivity contribution >= 4 is 39.2 Å². The van der Waals surface area contributed by atoms with Crippen molar-refractivity contribution in [3.8, 4) is 0 Å². The number of halogens is 2. The molecule has 98 valence electrons. The number of aromatic carboxylic acids is 1. The normalized spacial score (nSPS) is 10.2. The van der Waals surface area contributed by atoms with E-state index in [1.165, 1.54) is 0 Å². The van der Waals surface area contributed by atoms with E-state index in [0.717, 1.165) is 15.7 Å². The summed E-state index contributed by atoms with van der Waals surface area (Å²) in [6.45, 7) is 0.579. The summed E-state index contributed by atoms with van der Waals surface area (Å²) in [5.41, 5.74) is 2.10. The van der Waals surface area contributed by atoms with Gasteiger partial charge in [-0.15, -0.1) is 0 Å². The molecule has 2 aromatic carbocycles. The third-order valence-corrected chi connectivity index (χ3v) is 3.44. The zero-order chi connectivity index (χ0) is 13.8. The van der Waals surface area contributed by atoms with E-state index in [9.17, 15) is 4.79 Å². The summed E-state index contributed by atoms with van der Waals surface area (Å²) in [5.74, 6) is -0.922. The number of carbonyl (C=O) groups is 1. The van der Waals surface area contributed by atoms with Crippen molar-refractivity contribution < 1.29 is 9.90 Å². The van der Waals surface area contributed by atoms with Crippen molar-refractivity contribution in [1.29, 1.82) is 0 Å². The van der Waals surface area contributed by atoms with Gasteiger partial charge in [0.05, 0.1) is 16.3 Å². The van der Waals surface area contributed by atoms with Gasteiger partial charge in [-0.25, -0.2) is 4.79 Å². The number of carboxylic acids is 1. The Hall–Kier alpha value is -1.52. The predicted molar refractivity (Wildman–Crippen MR) is 79.9 cm³/mol. The lowest BCUT2D eigenvalue weighted by molar-refractivity contribution is 0.0697. The maximum Gasteiger partial charge on any atom is 0.335 e. The van der Waals surface area contributed by atoms with Gasteiger partial charge < -0.3 is 10.4 Å². The van der Waals surface area contributed by atoms with Gasteiger partial charge in [0.15, 0.2) is 0 Å². The number of nitrogens with one attached hydrogen (secondary N) is 1. The highest BCUT2D eigenvalue weighted by molar-refractivity contribution is 9.10. The van der Waals surface area contributed by atoms with Crippen molar-refractivity contribution in [3.05, 3.63) is 63.1 Å². The van der Waals surface area contributed by atoms with Crippen LogP contribution in [0, 0.1) is 0 Å². The second-order valence-corrected chi connectivity index (χ2v) is 5.30. The molecule has 0 fully saturated rings. The zero-order valence-corrected chi connectivity index (χ0v) is 12.2. The first-order valence-electron chi connectivity index (χ1n) is 5.57. The van der Waals surface area contributed by atoms with Crippen LogP contribution in [0.3, 0.4) is 0 Å². The van der Waals surface area contributed by atoms with Crippen LogP contribution in [0.15, 0.2) is 46.9 Å². The van der Waals surface area contributed by atoms with Crippen LogP contribution in [-0.2, 0) is 6.54 Å². The number of anilines is 1. The number of benzene rings is 2. The van der Waals surface area contributed by atoms with Crippen molar-refractivity contribution in [2.45, 2.75) is 6.54 Å². The molecule has 0 saturated heterocycles. The summed E-state index contributed by atoms with van der Waals surface area (Å²) in [6, 6.07) is 12.3. The Morgan fingerprint density at radius 1 is 1.21 bits per heavy atom. The quantitative estimate of drug-likeness (QED) is 0.866. The van der Waals surface area contributed by atoms with Crippen molar-refractivity contribution in [1.82, 2.24) is 0 Å². The number of hydrogen-bond acceptors (Lipinski definition) is 2. The SMILES string of the molecule is O=C(O)c1ccc(CNc2cc(Br)ccc2Cl)cc1. The molecule has 0 unspecified atom stereocenters. The fourth-order valence-electron chi connectivity index (χ4n) is 1.60. The van der Waals surface area contributed by atoms with E-state index >= 15 is 0 Å². The molecule has 19 heavy (non-hydrogen) atoms. The second kappa shape index (κ2) is 6.08. The number of carboxylic acid groups (broad SMARTS) is 1. The third kappa shape index (κ3) is 3.72. The lowest BCUT2D eigenvalue weighted by Crippen LogP contribution is -2.01. The van der Waals surface area contributed by atoms with E-state index < -0.39 is 5.97 Å². The third-order valence-electron chi connectivity index (χ3n) is 2.61. The smallest absolute Gasteiger partial charge is 0.335 e. The minimum atomic E-state index is -0.922. The van der Waals surface area contributed by atoms with Gasteiger partial charge in [0.2, 0.25) is 0 Å². The molecule has 0 radical (unpaired) electrons. The Bertz CT molecular complexity index is 599. The first kappa shape index (κ1) is 13.9. The maximum atomic E-state index is 10.7. The number of rotatable bonds is 4. The molecule has 0 atom stereocenters. The Balaban J connectivity index is 2.06. The lowest BCUT2D eigenvalue weighted by atomic mass is 10.1. The van der Waals surface area contributed by atoms with E-state index in [1.807, 2.05) is 18.2 Å². The molecule has 0 spiro atoms. The summed E-state index contributed by atoms with van der Waals surface area (Å²) in [7, 11) is 0. The van der Waals surface area contributed by atoms with Gasteiger partial charge in [-0.1, -0.05) is 39.7 Å². The average molecular weight is 341 g/mol. The van der Waals surface area contributed by atoms with Crippen molar-refractivity contribution in [3.63, 3.8) is 0 Å². The van der Waals surface area contributed by atoms with Gasteiger partial charge in [0, 0.05) is 11.0 Å². The van der Waals surface area contributed by atoms with Crippen LogP contribution in [0.5, 0.6) is 0 Å². The molecule has 0 aliphatic heterocycles. The molecular weight excluding hydrogens is 330 g/mol. The van der Waals surface area contributed by atoms with Crippen LogP contribution >= 0.6 is 27.5 Å². The molecule has 2 rings (SSSR count). The standard InChI is InChI=1S/C14H11BrClNO2/c15-11-5-6-12(16)13(7-11)17-8-9-1-3-10(4-2-9)14(18)19/h1-7,17H,8H2,(H,18,19). The van der Waals surface area contributed by atoms with Gasteiger partial charge in [-0.2, -0.15) is 0 Å². The molecule has 5 heteroatoms. The van der Waals surface area contributed by atoms with E-state index in [1.54, 1.807) is 24.3 Å². The minimum Gasteiger partial charge on any atom is -0.478 e. The molecule has 0 bridgehead atoms. The minimum absolute atomic E-state index is 0.282. The molecule has 3 nitrogen and oxygen atoms in total. The van der Waals surface area contributed by atoms with Crippen LogP contribution in [0.25, 0.3) is 0 Å². The van der Waals surface area contributed by atoms with Crippen molar-refractivity contribution in [2.24, 2.45) is 0 Å². The van der Waals surface area contributed by atoms with Gasteiger partial charge in [0.1, 0.15) is 0 Å². The molecule has 0 amide bonds. The van der Waals surface area contributed by atoms with Crippen LogP contribution < -0.4 is 5.32 Å². The Morgan fingerprint density at radius 2 is 1.89 bits per heavy atom. The molecule has 0 aliphatic rings. The highest BCUT2D eigenvalue weighted by Gasteiger charge is 2.03. The van der Waals surface area contributed by atoms with Crippen LogP contribution in [0.4, 0.5) is 5.69 Å². The van der Waals surface area contributed by atoms with Gasteiger partial charge in [0.25, 0.3) is 0 Å². The molecule has 0 saturated carbocycles. The summed E-state index contributed by atoms with van der Waals surface area (Å²) >= 11 is 9.45. The van der Waals surface area contributed by atoms with Crippen LogP contribution in [0.1, 0.15) is 15.9 Å². The van der Waals surface area contributed by atoms with E-state index in [0.29, 0.717) is 11.6 Å². The van der Waals surface area contributed by atoms with Crippen LogP contribution in [-0.4, -0.2) is 11.1 Å². The monoisotopic (exact) mass is 339 g/mol. The lowest BCUT2D eigenvalue weighted by Gasteiger charge is -2.09. The van der Waals surface area contributed by atoms with Gasteiger partial charge in [-0.05, 0) is 35.9 Å². The first-order chi connectivity index (χ1) is 9.06. The van der Waals surface area contributed by atoms with Gasteiger partial charge >= 0.3 is 5.97 Å². The fourth-order valence-corrected chi connectivity index (χ4v) is 2.14. The molecular formula is C14H11BrClNO2. The molecule has 2 aromatic rings. The summed E-state index contributed by atoms with van der Waals surface area (Å²) in [5, 5.41) is 12.7. The summed E-state index contributed by atoms with van der Waals surface area (Å²) in [4.78, 5) is 10.7. The van der Waals surface area contributed by atoms with E-state index in [2.05, 4.69) is 21.2 Å².